The van der Waals surface area contributed by atoms with Crippen LogP contribution in [-0.4, -0.2) is 37.3 Å². The van der Waals surface area contributed by atoms with Crippen LogP contribution in [0.2, 0.25) is 0 Å². The van der Waals surface area contributed by atoms with Gasteiger partial charge in [-0.25, -0.2) is 0 Å². The Balaban J connectivity index is -0.000000538. The average molecular weight is 364 g/mol. The van der Waals surface area contributed by atoms with Gasteiger partial charge in [-0.15, -0.1) is 19.0 Å². The van der Waals surface area contributed by atoms with Crippen LogP contribution in [0.15, 0.2) is 12.7 Å². The molecule has 1 N–H and O–H groups in total. The molecule has 0 amide bonds. The number of aliphatic hydroxyl groups is 1. The SMILES string of the molecule is C=CCN(C)C.CCCCCCCCCCCCCCCCO.Cl. The highest BCUT2D eigenvalue weighted by Crippen LogP contribution is 2.12. The Bertz CT molecular complexity index is 196. The van der Waals surface area contributed by atoms with Gasteiger partial charge in [-0.3, -0.25) is 0 Å². The number of likely N-dealkylation sites (N-methyl/N-ethyl adjacent to an activating group) is 1. The molecule has 0 aliphatic heterocycles. The lowest BCUT2D eigenvalue weighted by molar-refractivity contribution is 0.282. The lowest BCUT2D eigenvalue weighted by Gasteiger charge is -2.02. The molecule has 0 spiro atoms. The summed E-state index contributed by atoms with van der Waals surface area (Å²) in [5.74, 6) is 0. The number of halogens is 1. The second kappa shape index (κ2) is 27.8. The van der Waals surface area contributed by atoms with Crippen molar-refractivity contribution in [3.63, 3.8) is 0 Å². The number of aliphatic hydroxyl groups excluding tert-OH is 1. The molecule has 0 unspecified atom stereocenters. The molecule has 0 aliphatic carbocycles. The van der Waals surface area contributed by atoms with E-state index in [-0.39, 0.29) is 12.4 Å². The summed E-state index contributed by atoms with van der Waals surface area (Å²) in [7, 11) is 4.03. The van der Waals surface area contributed by atoms with E-state index in [2.05, 4.69) is 18.4 Å². The lowest BCUT2D eigenvalue weighted by atomic mass is 10.0. The summed E-state index contributed by atoms with van der Waals surface area (Å²) in [5.41, 5.74) is 0. The van der Waals surface area contributed by atoms with Gasteiger partial charge in [0.15, 0.2) is 0 Å². The van der Waals surface area contributed by atoms with E-state index in [0.717, 1.165) is 13.0 Å². The maximum Gasteiger partial charge on any atom is 0.0431 e. The van der Waals surface area contributed by atoms with Crippen molar-refractivity contribution in [2.24, 2.45) is 0 Å². The summed E-state index contributed by atoms with van der Waals surface area (Å²) in [5, 5.41) is 8.64. The first-order chi connectivity index (χ1) is 11.2. The molecule has 0 heterocycles. The average Bonchev–Trinajstić information content (AvgIpc) is 2.52. The topological polar surface area (TPSA) is 23.5 Å². The van der Waals surface area contributed by atoms with Crippen LogP contribution in [-0.2, 0) is 0 Å². The van der Waals surface area contributed by atoms with E-state index in [1.54, 1.807) is 0 Å². The van der Waals surface area contributed by atoms with Crippen LogP contribution in [0.3, 0.4) is 0 Å². The highest BCUT2D eigenvalue weighted by Gasteiger charge is 1.93. The third-order valence-electron chi connectivity index (χ3n) is 4.01. The van der Waals surface area contributed by atoms with Crippen molar-refractivity contribution < 1.29 is 5.11 Å². The van der Waals surface area contributed by atoms with E-state index in [4.69, 9.17) is 5.11 Å². The Hall–Kier alpha value is -0.0500. The van der Waals surface area contributed by atoms with Crippen LogP contribution >= 0.6 is 12.4 Å². The normalized spacial score (nSPS) is 10.0. The maximum absolute atomic E-state index is 8.64. The zero-order valence-corrected chi connectivity index (χ0v) is 17.7. The fourth-order valence-electron chi connectivity index (χ4n) is 2.56. The molecule has 0 aromatic heterocycles. The number of nitrogens with zero attached hydrogens (tertiary/aromatic N) is 1. The first-order valence-electron chi connectivity index (χ1n) is 10.1. The van der Waals surface area contributed by atoms with Crippen molar-refractivity contribution in [2.75, 3.05) is 27.2 Å². The number of rotatable bonds is 16. The Morgan fingerprint density at radius 3 is 1.25 bits per heavy atom. The molecular weight excluding hydrogens is 318 g/mol. The second-order valence-corrected chi connectivity index (χ2v) is 6.87. The van der Waals surface area contributed by atoms with Crippen LogP contribution in [0, 0.1) is 0 Å². The highest BCUT2D eigenvalue weighted by atomic mass is 35.5. The molecular formula is C21H46ClNO. The van der Waals surface area contributed by atoms with Crippen molar-refractivity contribution in [1.82, 2.24) is 4.90 Å². The Labute approximate surface area is 159 Å². The van der Waals surface area contributed by atoms with E-state index in [1.165, 1.54) is 83.5 Å². The molecule has 0 atom stereocenters. The molecule has 0 fully saturated rings. The molecule has 0 aliphatic rings. The summed E-state index contributed by atoms with van der Waals surface area (Å²) in [6.07, 6.45) is 21.1. The third kappa shape index (κ3) is 33.5. The summed E-state index contributed by atoms with van der Waals surface area (Å²) in [4.78, 5) is 2.06. The van der Waals surface area contributed by atoms with Gasteiger partial charge in [-0.05, 0) is 20.5 Å². The van der Waals surface area contributed by atoms with Crippen molar-refractivity contribution in [3.05, 3.63) is 12.7 Å². The van der Waals surface area contributed by atoms with Gasteiger partial charge in [0.05, 0.1) is 0 Å². The Morgan fingerprint density at radius 1 is 0.708 bits per heavy atom. The third-order valence-corrected chi connectivity index (χ3v) is 4.01. The molecule has 0 saturated carbocycles. The molecule has 24 heavy (non-hydrogen) atoms. The standard InChI is InChI=1S/C16H34O.C5H11N.ClH/c1-2-3-4-5-6-7-8-9-10-11-12-13-14-15-16-17;1-4-5-6(2)3;/h17H,2-16H2,1H3;4H,1,5H2,2-3H3;1H. The van der Waals surface area contributed by atoms with Gasteiger partial charge in [0.1, 0.15) is 0 Å². The van der Waals surface area contributed by atoms with Gasteiger partial charge < -0.3 is 10.0 Å². The monoisotopic (exact) mass is 363 g/mol. The molecule has 0 bridgehead atoms. The van der Waals surface area contributed by atoms with Gasteiger partial charge in [0.25, 0.3) is 0 Å². The largest absolute Gasteiger partial charge is 0.396 e. The van der Waals surface area contributed by atoms with Crippen LogP contribution < -0.4 is 0 Å². The fourth-order valence-corrected chi connectivity index (χ4v) is 2.56. The second-order valence-electron chi connectivity index (χ2n) is 6.87. The van der Waals surface area contributed by atoms with Crippen molar-refractivity contribution in [3.8, 4) is 0 Å². The molecule has 0 radical (unpaired) electrons. The summed E-state index contributed by atoms with van der Waals surface area (Å²) in [6, 6.07) is 0. The predicted molar refractivity (Wildman–Crippen MR) is 113 cm³/mol. The van der Waals surface area contributed by atoms with Crippen LogP contribution in [0.1, 0.15) is 96.8 Å². The molecule has 148 valence electrons. The highest BCUT2D eigenvalue weighted by molar-refractivity contribution is 5.85. The minimum Gasteiger partial charge on any atom is -0.396 e. The lowest BCUT2D eigenvalue weighted by Crippen LogP contribution is -2.09. The van der Waals surface area contributed by atoms with Crippen LogP contribution in [0.25, 0.3) is 0 Å². The Kier molecular flexibility index (Phi) is 33.3. The van der Waals surface area contributed by atoms with E-state index in [1.807, 2.05) is 20.2 Å². The van der Waals surface area contributed by atoms with E-state index < -0.39 is 0 Å². The zero-order chi connectivity index (χ0) is 17.6. The molecule has 0 rings (SSSR count). The van der Waals surface area contributed by atoms with E-state index in [9.17, 15) is 0 Å². The quantitative estimate of drug-likeness (QED) is 0.246. The van der Waals surface area contributed by atoms with Gasteiger partial charge in [0, 0.05) is 13.2 Å². The summed E-state index contributed by atoms with van der Waals surface area (Å²) >= 11 is 0. The van der Waals surface area contributed by atoms with Gasteiger partial charge in [-0.1, -0.05) is 96.5 Å². The fraction of sp³-hybridized carbons (Fsp3) is 0.905. The smallest absolute Gasteiger partial charge is 0.0431 e. The van der Waals surface area contributed by atoms with E-state index in [0.29, 0.717) is 6.61 Å². The molecule has 0 aromatic rings. The van der Waals surface area contributed by atoms with Gasteiger partial charge in [-0.2, -0.15) is 0 Å². The minimum atomic E-state index is 0. The molecule has 2 nitrogen and oxygen atoms in total. The van der Waals surface area contributed by atoms with Crippen molar-refractivity contribution >= 4 is 12.4 Å². The minimum absolute atomic E-state index is 0. The number of hydrogen-bond donors (Lipinski definition) is 1. The maximum atomic E-state index is 8.64. The predicted octanol–water partition coefficient (Wildman–Crippen LogP) is 6.62. The molecule has 3 heteroatoms. The first-order valence-corrected chi connectivity index (χ1v) is 10.1. The van der Waals surface area contributed by atoms with Gasteiger partial charge >= 0.3 is 0 Å². The molecule has 0 saturated heterocycles. The Morgan fingerprint density at radius 2 is 1.04 bits per heavy atom. The summed E-state index contributed by atoms with van der Waals surface area (Å²) in [6.45, 7) is 7.18. The van der Waals surface area contributed by atoms with Crippen LogP contribution in [0.5, 0.6) is 0 Å². The van der Waals surface area contributed by atoms with E-state index >= 15 is 0 Å². The van der Waals surface area contributed by atoms with Crippen molar-refractivity contribution in [1.29, 1.82) is 0 Å². The number of unbranched alkanes of at least 4 members (excludes halogenated alkanes) is 13. The number of hydrogen-bond acceptors (Lipinski definition) is 2. The first kappa shape index (κ1) is 28.7. The van der Waals surface area contributed by atoms with Crippen LogP contribution in [0.4, 0.5) is 0 Å². The summed E-state index contributed by atoms with van der Waals surface area (Å²) < 4.78 is 0. The zero-order valence-electron chi connectivity index (χ0n) is 16.9. The van der Waals surface area contributed by atoms with Gasteiger partial charge in [0.2, 0.25) is 0 Å². The molecule has 0 aromatic carbocycles. The van der Waals surface area contributed by atoms with Crippen molar-refractivity contribution in [2.45, 2.75) is 96.8 Å².